The van der Waals surface area contributed by atoms with Gasteiger partial charge in [0.1, 0.15) is 36.2 Å². The third-order valence-electron chi connectivity index (χ3n) is 8.78. The van der Waals surface area contributed by atoms with Crippen molar-refractivity contribution in [1.82, 2.24) is 4.90 Å². The third-order valence-corrected chi connectivity index (χ3v) is 8.78. The minimum absolute atomic E-state index is 0.00111. The predicted octanol–water partition coefficient (Wildman–Crippen LogP) is 4.87. The first-order valence-electron chi connectivity index (χ1n) is 18.2. The zero-order valence-corrected chi connectivity index (χ0v) is 31.6. The molecule has 2 aliphatic heterocycles. The molecule has 0 N–H and O–H groups in total. The van der Waals surface area contributed by atoms with Gasteiger partial charge in [0.15, 0.2) is 0 Å². The van der Waals surface area contributed by atoms with Crippen molar-refractivity contribution in [3.05, 3.63) is 82.4 Å². The summed E-state index contributed by atoms with van der Waals surface area (Å²) in [5.74, 6) is 3.31. The van der Waals surface area contributed by atoms with Crippen molar-refractivity contribution >= 4 is 17.8 Å². The van der Waals surface area contributed by atoms with Crippen LogP contribution < -0.4 is 28.7 Å². The first-order chi connectivity index (χ1) is 26.4. The number of hydrogen-bond donors (Lipinski definition) is 0. The van der Waals surface area contributed by atoms with Gasteiger partial charge in [0.2, 0.25) is 6.41 Å². The van der Waals surface area contributed by atoms with Gasteiger partial charge in [-0.15, -0.1) is 10.1 Å². The number of hydrogen-bond acceptors (Lipinski definition) is 13. The largest absolute Gasteiger partial charge is 0.496 e. The molecule has 0 bridgehead atoms. The quantitative estimate of drug-likeness (QED) is 0.0596. The van der Waals surface area contributed by atoms with Crippen LogP contribution in [-0.4, -0.2) is 123 Å². The van der Waals surface area contributed by atoms with E-state index in [0.717, 1.165) is 85.4 Å². The smallest absolute Gasteiger partial charge is 0.294 e. The fourth-order valence-electron chi connectivity index (χ4n) is 6.06. The van der Waals surface area contributed by atoms with Crippen LogP contribution in [0.3, 0.4) is 0 Å². The Labute approximate surface area is 317 Å². The second-order valence-corrected chi connectivity index (χ2v) is 12.5. The molecule has 3 aromatic rings. The Balaban J connectivity index is 0.000000641. The molecule has 1 amide bonds. The SMILES string of the molecule is COCCCN1CCOc2ccc(OCC3CN(C=O)CCN3c3ccc(OCCCOCc4ccccc4OC)cc3)cc21.COCCCO[N+](=O)[O-]. The number of rotatable bonds is 22. The molecule has 2 heterocycles. The molecule has 2 aliphatic rings. The van der Waals surface area contributed by atoms with E-state index in [1.807, 2.05) is 53.4 Å². The number of carbonyl (C=O) groups is 1. The Morgan fingerprint density at radius 3 is 2.37 bits per heavy atom. The molecule has 5 rings (SSSR count). The van der Waals surface area contributed by atoms with Gasteiger partial charge in [-0.1, -0.05) is 18.2 Å². The monoisotopic (exact) mass is 754 g/mol. The maximum Gasteiger partial charge on any atom is 0.294 e. The van der Waals surface area contributed by atoms with Gasteiger partial charge in [-0.2, -0.15) is 0 Å². The highest BCUT2D eigenvalue weighted by Crippen LogP contribution is 2.35. The van der Waals surface area contributed by atoms with Gasteiger partial charge in [0, 0.05) is 77.4 Å². The second kappa shape index (κ2) is 23.6. The lowest BCUT2D eigenvalue weighted by atomic mass is 10.1. The van der Waals surface area contributed by atoms with Crippen LogP contribution in [0.5, 0.6) is 23.0 Å². The van der Waals surface area contributed by atoms with E-state index in [0.29, 0.717) is 59.2 Å². The summed E-state index contributed by atoms with van der Waals surface area (Å²) in [5, 5.41) is 8.70. The van der Waals surface area contributed by atoms with Crippen molar-refractivity contribution in [2.24, 2.45) is 0 Å². The number of piperazine rings is 1. The summed E-state index contributed by atoms with van der Waals surface area (Å²) in [6.07, 6.45) is 3.21. The van der Waals surface area contributed by atoms with Crippen LogP contribution in [0.1, 0.15) is 24.8 Å². The standard InChI is InChI=1S/C35H45N3O7.C4H9NO4/c1-40-19-5-15-37-18-22-44-35-14-13-32(23-33(35)37)45-26-30-24-36(27-39)16-17-38(30)29-9-11-31(12-10-29)43-21-6-20-42-25-28-7-3-4-8-34(28)41-2;1-8-3-2-4-9-5(6)7/h3-4,7-14,23,27,30H,5-6,15-22,24-26H2,1-2H3;2-4H2,1H3. The number of para-hydroxylation sites is 1. The van der Waals surface area contributed by atoms with E-state index in [1.165, 1.54) is 7.11 Å². The first kappa shape index (κ1) is 41.8. The molecule has 1 atom stereocenters. The summed E-state index contributed by atoms with van der Waals surface area (Å²) in [6, 6.07) is 22.0. The maximum atomic E-state index is 11.6. The van der Waals surface area contributed by atoms with Gasteiger partial charge >= 0.3 is 0 Å². The first-order valence-corrected chi connectivity index (χ1v) is 18.2. The number of benzene rings is 3. The van der Waals surface area contributed by atoms with Gasteiger partial charge in [0.25, 0.3) is 5.09 Å². The van der Waals surface area contributed by atoms with E-state index in [1.54, 1.807) is 14.2 Å². The highest BCUT2D eigenvalue weighted by atomic mass is 16.9. The minimum atomic E-state index is -0.810. The van der Waals surface area contributed by atoms with Crippen molar-refractivity contribution in [2.75, 3.05) is 110 Å². The topological polar surface area (TPSA) is 144 Å². The fraction of sp³-hybridized carbons (Fsp3) is 0.513. The van der Waals surface area contributed by atoms with Gasteiger partial charge in [-0.25, -0.2) is 0 Å². The average molecular weight is 755 g/mol. The summed E-state index contributed by atoms with van der Waals surface area (Å²) in [5.41, 5.74) is 3.15. The average Bonchev–Trinajstić information content (AvgIpc) is 3.20. The zero-order valence-electron chi connectivity index (χ0n) is 31.6. The molecule has 54 heavy (non-hydrogen) atoms. The maximum absolute atomic E-state index is 11.6. The second-order valence-electron chi connectivity index (χ2n) is 12.5. The van der Waals surface area contributed by atoms with Gasteiger partial charge < -0.3 is 52.7 Å². The molecular weight excluding hydrogens is 700 g/mol. The normalized spacial score (nSPS) is 14.9. The molecule has 1 unspecified atom stereocenters. The van der Waals surface area contributed by atoms with Gasteiger partial charge in [0.05, 0.1) is 51.8 Å². The van der Waals surface area contributed by atoms with E-state index in [-0.39, 0.29) is 12.6 Å². The number of nitrogens with zero attached hydrogens (tertiary/aromatic N) is 4. The van der Waals surface area contributed by atoms with Crippen molar-refractivity contribution in [3.8, 4) is 23.0 Å². The highest BCUT2D eigenvalue weighted by Gasteiger charge is 2.28. The molecule has 0 saturated carbocycles. The molecule has 15 heteroatoms. The molecule has 0 aliphatic carbocycles. The Bertz CT molecular complexity index is 1530. The number of methoxy groups -OCH3 is 3. The van der Waals surface area contributed by atoms with E-state index >= 15 is 0 Å². The predicted molar refractivity (Wildman–Crippen MR) is 204 cm³/mol. The van der Waals surface area contributed by atoms with Crippen molar-refractivity contribution in [3.63, 3.8) is 0 Å². The molecule has 296 valence electrons. The van der Waals surface area contributed by atoms with Crippen LogP contribution >= 0.6 is 0 Å². The lowest BCUT2D eigenvalue weighted by molar-refractivity contribution is -0.757. The number of carbonyl (C=O) groups excluding carboxylic acids is 1. The van der Waals surface area contributed by atoms with Gasteiger partial charge in [-0.3, -0.25) is 4.79 Å². The number of amides is 1. The molecule has 1 saturated heterocycles. The minimum Gasteiger partial charge on any atom is -0.496 e. The molecule has 3 aromatic carbocycles. The summed E-state index contributed by atoms with van der Waals surface area (Å²) >= 11 is 0. The van der Waals surface area contributed by atoms with Crippen molar-refractivity contribution < 1.29 is 47.9 Å². The van der Waals surface area contributed by atoms with Crippen LogP contribution in [0.25, 0.3) is 0 Å². The van der Waals surface area contributed by atoms with Crippen LogP contribution in [0.2, 0.25) is 0 Å². The van der Waals surface area contributed by atoms with Crippen LogP contribution in [0.15, 0.2) is 66.7 Å². The van der Waals surface area contributed by atoms with Crippen molar-refractivity contribution in [1.29, 1.82) is 0 Å². The highest BCUT2D eigenvalue weighted by molar-refractivity contribution is 5.63. The summed E-state index contributed by atoms with van der Waals surface area (Å²) in [7, 11) is 4.93. The lowest BCUT2D eigenvalue weighted by Crippen LogP contribution is -2.55. The van der Waals surface area contributed by atoms with Crippen LogP contribution in [0.4, 0.5) is 11.4 Å². The van der Waals surface area contributed by atoms with Crippen LogP contribution in [0, 0.1) is 10.1 Å². The zero-order chi connectivity index (χ0) is 38.4. The summed E-state index contributed by atoms with van der Waals surface area (Å²) in [4.78, 5) is 31.6. The van der Waals surface area contributed by atoms with E-state index in [9.17, 15) is 14.9 Å². The number of anilines is 2. The molecule has 0 spiro atoms. The van der Waals surface area contributed by atoms with E-state index in [4.69, 9.17) is 28.4 Å². The summed E-state index contributed by atoms with van der Waals surface area (Å²) < 4.78 is 39.3. The Morgan fingerprint density at radius 1 is 0.852 bits per heavy atom. The molecule has 1 fully saturated rings. The third kappa shape index (κ3) is 13.8. The fourth-order valence-corrected chi connectivity index (χ4v) is 6.06. The molecule has 0 radical (unpaired) electrons. The Hall–Kier alpha value is -4.99. The Morgan fingerprint density at radius 2 is 1.61 bits per heavy atom. The number of fused-ring (bicyclic) bond motifs is 1. The van der Waals surface area contributed by atoms with Gasteiger partial charge in [-0.05, 0) is 55.3 Å². The molecule has 0 aromatic heterocycles. The molecular formula is C39H54N4O11. The molecule has 15 nitrogen and oxygen atoms in total. The lowest BCUT2D eigenvalue weighted by Gasteiger charge is -2.41. The summed E-state index contributed by atoms with van der Waals surface area (Å²) in [6.45, 7) is 7.83. The van der Waals surface area contributed by atoms with Crippen LogP contribution in [-0.2, 0) is 30.4 Å². The van der Waals surface area contributed by atoms with E-state index < -0.39 is 5.09 Å². The van der Waals surface area contributed by atoms with Crippen molar-refractivity contribution in [2.45, 2.75) is 31.9 Å². The Kier molecular flexibility index (Phi) is 18.3. The van der Waals surface area contributed by atoms with E-state index in [2.05, 4.69) is 37.6 Å². The number of ether oxygens (including phenoxy) is 7.